The Morgan fingerprint density at radius 2 is 1.70 bits per heavy atom. The summed E-state index contributed by atoms with van der Waals surface area (Å²) >= 11 is 0. The second kappa shape index (κ2) is 6.98. The van der Waals surface area contributed by atoms with Crippen molar-refractivity contribution in [2.45, 2.75) is 0 Å². The van der Waals surface area contributed by atoms with Gasteiger partial charge in [-0.3, -0.25) is 9.59 Å². The fourth-order valence-corrected chi connectivity index (χ4v) is 1.37. The van der Waals surface area contributed by atoms with E-state index >= 15 is 0 Å². The summed E-state index contributed by atoms with van der Waals surface area (Å²) in [6.07, 6.45) is 1.28. The normalized spacial score (nSPS) is 10.2. The predicted molar refractivity (Wildman–Crippen MR) is 71.0 cm³/mol. The number of primary amides is 1. The molecule has 1 aromatic rings. The summed E-state index contributed by atoms with van der Waals surface area (Å²) in [6, 6.07) is 3.25. The van der Waals surface area contributed by atoms with Crippen molar-refractivity contribution >= 4 is 18.0 Å². The molecular formula is C12H15N3O5. The van der Waals surface area contributed by atoms with Crippen molar-refractivity contribution in [2.75, 3.05) is 21.3 Å². The molecule has 8 heteroatoms. The SMILES string of the molecule is COc1cc(OC)c(/C=N/NC(=O)C(N)=O)c(OC)c1. The fraction of sp³-hybridized carbons (Fsp3) is 0.250. The molecule has 2 amide bonds. The maximum absolute atomic E-state index is 11.0. The van der Waals surface area contributed by atoms with Crippen molar-refractivity contribution in [3.63, 3.8) is 0 Å². The number of rotatable bonds is 5. The Morgan fingerprint density at radius 3 is 2.10 bits per heavy atom. The zero-order valence-corrected chi connectivity index (χ0v) is 11.3. The van der Waals surface area contributed by atoms with Crippen LogP contribution in [0.2, 0.25) is 0 Å². The molecule has 0 aliphatic heterocycles. The molecule has 0 heterocycles. The van der Waals surface area contributed by atoms with E-state index in [4.69, 9.17) is 19.9 Å². The lowest BCUT2D eigenvalue weighted by atomic mass is 10.2. The van der Waals surface area contributed by atoms with E-state index in [0.717, 1.165) is 0 Å². The zero-order valence-electron chi connectivity index (χ0n) is 11.3. The Hall–Kier alpha value is -2.77. The molecule has 0 radical (unpaired) electrons. The standard InChI is InChI=1S/C12H15N3O5/c1-18-7-4-9(19-2)8(10(5-7)20-3)6-14-15-12(17)11(13)16/h4-6H,1-3H3,(H2,13,16)(H,15,17)/b14-6+. The van der Waals surface area contributed by atoms with Gasteiger partial charge in [-0.2, -0.15) is 5.10 Å². The first-order valence-electron chi connectivity index (χ1n) is 5.46. The van der Waals surface area contributed by atoms with Crippen LogP contribution in [-0.4, -0.2) is 39.4 Å². The lowest BCUT2D eigenvalue weighted by molar-refractivity contribution is -0.137. The number of hydrogen-bond donors (Lipinski definition) is 2. The Labute approximate surface area is 115 Å². The Kier molecular flexibility index (Phi) is 5.33. The largest absolute Gasteiger partial charge is 0.496 e. The number of nitrogens with one attached hydrogen (secondary N) is 1. The zero-order chi connectivity index (χ0) is 15.1. The molecule has 0 bridgehead atoms. The molecule has 0 aromatic heterocycles. The minimum absolute atomic E-state index is 0.429. The van der Waals surface area contributed by atoms with Crippen LogP contribution in [0, 0.1) is 0 Å². The minimum Gasteiger partial charge on any atom is -0.496 e. The maximum Gasteiger partial charge on any atom is 0.329 e. The van der Waals surface area contributed by atoms with E-state index in [1.807, 2.05) is 5.43 Å². The lowest BCUT2D eigenvalue weighted by Crippen LogP contribution is -2.32. The number of ether oxygens (including phenoxy) is 3. The van der Waals surface area contributed by atoms with Crippen molar-refractivity contribution in [3.8, 4) is 17.2 Å². The van der Waals surface area contributed by atoms with E-state index in [1.54, 1.807) is 12.1 Å². The van der Waals surface area contributed by atoms with Crippen molar-refractivity contribution in [3.05, 3.63) is 17.7 Å². The molecule has 3 N–H and O–H groups in total. The molecule has 0 aliphatic carbocycles. The first kappa shape index (κ1) is 15.3. The number of carbonyl (C=O) groups is 2. The van der Waals surface area contributed by atoms with Gasteiger partial charge in [0.15, 0.2) is 0 Å². The van der Waals surface area contributed by atoms with Gasteiger partial charge in [0.2, 0.25) is 0 Å². The smallest absolute Gasteiger partial charge is 0.329 e. The summed E-state index contributed by atoms with van der Waals surface area (Å²) in [6.45, 7) is 0. The summed E-state index contributed by atoms with van der Waals surface area (Å²) in [7, 11) is 4.44. The Morgan fingerprint density at radius 1 is 1.15 bits per heavy atom. The molecule has 108 valence electrons. The van der Waals surface area contributed by atoms with Gasteiger partial charge in [-0.05, 0) is 0 Å². The molecule has 20 heavy (non-hydrogen) atoms. The van der Waals surface area contributed by atoms with Crippen LogP contribution in [0.25, 0.3) is 0 Å². The van der Waals surface area contributed by atoms with Crippen LogP contribution in [-0.2, 0) is 9.59 Å². The molecule has 0 saturated heterocycles. The van der Waals surface area contributed by atoms with Crippen LogP contribution >= 0.6 is 0 Å². The van der Waals surface area contributed by atoms with Gasteiger partial charge in [0.1, 0.15) is 17.2 Å². The number of amides is 2. The highest BCUT2D eigenvalue weighted by molar-refractivity contribution is 6.34. The van der Waals surface area contributed by atoms with Crippen molar-refractivity contribution < 1.29 is 23.8 Å². The highest BCUT2D eigenvalue weighted by Gasteiger charge is 2.12. The summed E-state index contributed by atoms with van der Waals surface area (Å²) in [5, 5.41) is 3.61. The van der Waals surface area contributed by atoms with Crippen molar-refractivity contribution in [1.29, 1.82) is 0 Å². The van der Waals surface area contributed by atoms with E-state index in [0.29, 0.717) is 22.8 Å². The quantitative estimate of drug-likeness (QED) is 0.435. The van der Waals surface area contributed by atoms with Gasteiger partial charge in [-0.25, -0.2) is 5.43 Å². The molecule has 0 spiro atoms. The lowest BCUT2D eigenvalue weighted by Gasteiger charge is -2.11. The first-order chi connectivity index (χ1) is 9.53. The second-order valence-electron chi connectivity index (χ2n) is 3.51. The van der Waals surface area contributed by atoms with Crippen LogP contribution in [0.3, 0.4) is 0 Å². The molecule has 0 unspecified atom stereocenters. The van der Waals surface area contributed by atoms with Gasteiger partial charge in [0.25, 0.3) is 0 Å². The fourth-order valence-electron chi connectivity index (χ4n) is 1.37. The molecule has 1 rings (SSSR count). The average Bonchev–Trinajstić information content (AvgIpc) is 2.46. The third-order valence-corrected chi connectivity index (χ3v) is 2.34. The number of benzene rings is 1. The van der Waals surface area contributed by atoms with Crippen LogP contribution < -0.4 is 25.4 Å². The molecule has 1 aromatic carbocycles. The third kappa shape index (κ3) is 3.61. The van der Waals surface area contributed by atoms with Crippen molar-refractivity contribution in [2.24, 2.45) is 10.8 Å². The summed E-state index contributed by atoms with van der Waals surface area (Å²) in [5.41, 5.74) is 7.22. The van der Waals surface area contributed by atoms with Gasteiger partial charge >= 0.3 is 11.8 Å². The van der Waals surface area contributed by atoms with Gasteiger partial charge in [-0.15, -0.1) is 0 Å². The van der Waals surface area contributed by atoms with Crippen LogP contribution in [0.4, 0.5) is 0 Å². The molecule has 8 nitrogen and oxygen atoms in total. The van der Waals surface area contributed by atoms with E-state index in [9.17, 15) is 9.59 Å². The minimum atomic E-state index is -1.13. The number of nitrogens with two attached hydrogens (primary N) is 1. The van der Waals surface area contributed by atoms with Gasteiger partial charge in [0, 0.05) is 12.1 Å². The van der Waals surface area contributed by atoms with Crippen molar-refractivity contribution in [1.82, 2.24) is 5.43 Å². The molecule has 0 fully saturated rings. The van der Waals surface area contributed by atoms with E-state index in [2.05, 4.69) is 5.10 Å². The predicted octanol–water partition coefficient (Wildman–Crippen LogP) is -0.352. The molecular weight excluding hydrogens is 266 g/mol. The Balaban J connectivity index is 3.06. The number of methoxy groups -OCH3 is 3. The molecule has 0 atom stereocenters. The topological polar surface area (TPSA) is 112 Å². The molecule has 0 aliphatic rings. The third-order valence-electron chi connectivity index (χ3n) is 2.34. The molecule has 0 saturated carbocycles. The summed E-state index contributed by atoms with van der Waals surface area (Å²) < 4.78 is 15.5. The van der Waals surface area contributed by atoms with Crippen LogP contribution in [0.15, 0.2) is 17.2 Å². The number of hydrazone groups is 1. The van der Waals surface area contributed by atoms with E-state index in [-0.39, 0.29) is 0 Å². The average molecular weight is 281 g/mol. The van der Waals surface area contributed by atoms with Gasteiger partial charge in [-0.1, -0.05) is 0 Å². The monoisotopic (exact) mass is 281 g/mol. The summed E-state index contributed by atoms with van der Waals surface area (Å²) in [5.74, 6) is -0.753. The number of hydrogen-bond acceptors (Lipinski definition) is 6. The van der Waals surface area contributed by atoms with Crippen LogP contribution in [0.5, 0.6) is 17.2 Å². The highest BCUT2D eigenvalue weighted by Crippen LogP contribution is 2.32. The maximum atomic E-state index is 11.0. The van der Waals surface area contributed by atoms with E-state index in [1.165, 1.54) is 27.5 Å². The number of nitrogens with zero attached hydrogens (tertiary/aromatic N) is 1. The second-order valence-corrected chi connectivity index (χ2v) is 3.51. The van der Waals surface area contributed by atoms with E-state index < -0.39 is 11.8 Å². The first-order valence-corrected chi connectivity index (χ1v) is 5.46. The Bertz CT molecular complexity index is 517. The summed E-state index contributed by atoms with van der Waals surface area (Å²) in [4.78, 5) is 21.5. The number of carbonyl (C=O) groups excluding carboxylic acids is 2. The van der Waals surface area contributed by atoms with Crippen LogP contribution in [0.1, 0.15) is 5.56 Å². The highest BCUT2D eigenvalue weighted by atomic mass is 16.5. The van der Waals surface area contributed by atoms with Gasteiger partial charge in [0.05, 0.1) is 33.1 Å². The van der Waals surface area contributed by atoms with Gasteiger partial charge < -0.3 is 19.9 Å².